The van der Waals surface area contributed by atoms with Crippen molar-refractivity contribution in [2.45, 2.75) is 17.3 Å². The SMILES string of the molecule is O=c1[nH]c(SCc2ccc(Cl)cc2)nnc1Cc1ccccc1Cl. The summed E-state index contributed by atoms with van der Waals surface area (Å²) < 4.78 is 0. The Morgan fingerprint density at radius 1 is 1.00 bits per heavy atom. The van der Waals surface area contributed by atoms with Crippen LogP contribution in [-0.2, 0) is 12.2 Å². The van der Waals surface area contributed by atoms with Gasteiger partial charge in [-0.2, -0.15) is 0 Å². The number of rotatable bonds is 5. The first kappa shape index (κ1) is 17.0. The Balaban J connectivity index is 1.69. The van der Waals surface area contributed by atoms with E-state index in [-0.39, 0.29) is 5.56 Å². The van der Waals surface area contributed by atoms with Crippen LogP contribution < -0.4 is 5.56 Å². The fourth-order valence-corrected chi connectivity index (χ4v) is 3.17. The molecule has 0 amide bonds. The molecular weight excluding hydrogens is 365 g/mol. The third-order valence-corrected chi connectivity index (χ3v) is 4.90. The Morgan fingerprint density at radius 3 is 2.46 bits per heavy atom. The monoisotopic (exact) mass is 377 g/mol. The highest BCUT2D eigenvalue weighted by Crippen LogP contribution is 2.20. The first-order valence-electron chi connectivity index (χ1n) is 7.18. The zero-order chi connectivity index (χ0) is 16.9. The lowest BCUT2D eigenvalue weighted by atomic mass is 10.1. The summed E-state index contributed by atoms with van der Waals surface area (Å²) in [6.07, 6.45) is 0.351. The molecule has 24 heavy (non-hydrogen) atoms. The van der Waals surface area contributed by atoms with Gasteiger partial charge in [0.1, 0.15) is 5.69 Å². The quantitative estimate of drug-likeness (QED) is 0.671. The second kappa shape index (κ2) is 7.83. The average molecular weight is 378 g/mol. The molecule has 0 spiro atoms. The zero-order valence-corrected chi connectivity index (χ0v) is 14.8. The van der Waals surface area contributed by atoms with Crippen molar-refractivity contribution in [2.24, 2.45) is 0 Å². The number of halogens is 2. The van der Waals surface area contributed by atoms with E-state index in [9.17, 15) is 4.79 Å². The van der Waals surface area contributed by atoms with Crippen molar-refractivity contribution < 1.29 is 0 Å². The minimum absolute atomic E-state index is 0.247. The molecule has 0 radical (unpaired) electrons. The third kappa shape index (κ3) is 4.38. The molecule has 0 fully saturated rings. The van der Waals surface area contributed by atoms with Gasteiger partial charge in [0.15, 0.2) is 5.16 Å². The summed E-state index contributed by atoms with van der Waals surface area (Å²) >= 11 is 13.4. The van der Waals surface area contributed by atoms with Crippen LogP contribution in [0, 0.1) is 0 Å². The Hall–Kier alpha value is -1.82. The predicted octanol–water partition coefficient (Wildman–Crippen LogP) is 4.35. The van der Waals surface area contributed by atoms with Gasteiger partial charge in [0.05, 0.1) is 0 Å². The van der Waals surface area contributed by atoms with E-state index >= 15 is 0 Å². The summed E-state index contributed by atoms with van der Waals surface area (Å²) in [6, 6.07) is 14.9. The fraction of sp³-hybridized carbons (Fsp3) is 0.118. The van der Waals surface area contributed by atoms with Crippen molar-refractivity contribution in [1.29, 1.82) is 0 Å². The predicted molar refractivity (Wildman–Crippen MR) is 97.9 cm³/mol. The Bertz CT molecular complexity index is 897. The van der Waals surface area contributed by atoms with Crippen LogP contribution in [0.1, 0.15) is 16.8 Å². The van der Waals surface area contributed by atoms with Crippen molar-refractivity contribution in [1.82, 2.24) is 15.2 Å². The first-order chi connectivity index (χ1) is 11.6. The van der Waals surface area contributed by atoms with Crippen LogP contribution in [0.2, 0.25) is 10.0 Å². The van der Waals surface area contributed by atoms with Gasteiger partial charge in [0.2, 0.25) is 0 Å². The normalized spacial score (nSPS) is 10.8. The van der Waals surface area contributed by atoms with Gasteiger partial charge in [0.25, 0.3) is 5.56 Å². The van der Waals surface area contributed by atoms with Gasteiger partial charge in [-0.3, -0.25) is 9.78 Å². The molecule has 3 rings (SSSR count). The molecule has 0 atom stereocenters. The number of aromatic nitrogens is 3. The smallest absolute Gasteiger partial charge is 0.273 e. The maximum absolute atomic E-state index is 12.2. The van der Waals surface area contributed by atoms with Crippen LogP contribution in [0.15, 0.2) is 58.5 Å². The highest BCUT2D eigenvalue weighted by molar-refractivity contribution is 7.98. The molecule has 7 heteroatoms. The number of aromatic amines is 1. The average Bonchev–Trinajstić information content (AvgIpc) is 2.58. The van der Waals surface area contributed by atoms with Crippen LogP contribution in [0.25, 0.3) is 0 Å². The van der Waals surface area contributed by atoms with Gasteiger partial charge >= 0.3 is 0 Å². The lowest BCUT2D eigenvalue weighted by molar-refractivity contribution is 0.772. The minimum Gasteiger partial charge on any atom is -0.298 e. The van der Waals surface area contributed by atoms with Crippen LogP contribution in [0.4, 0.5) is 0 Å². The molecule has 0 aliphatic rings. The van der Waals surface area contributed by atoms with Crippen LogP contribution >= 0.6 is 35.0 Å². The molecule has 122 valence electrons. The molecule has 4 nitrogen and oxygen atoms in total. The lowest BCUT2D eigenvalue weighted by Gasteiger charge is -2.04. The maximum Gasteiger partial charge on any atom is 0.273 e. The second-order valence-electron chi connectivity index (χ2n) is 5.09. The van der Waals surface area contributed by atoms with E-state index in [1.807, 2.05) is 42.5 Å². The molecule has 0 aliphatic heterocycles. The molecule has 0 aliphatic carbocycles. The van der Waals surface area contributed by atoms with E-state index in [0.717, 1.165) is 11.1 Å². The highest BCUT2D eigenvalue weighted by Gasteiger charge is 2.09. The summed E-state index contributed by atoms with van der Waals surface area (Å²) in [4.78, 5) is 14.9. The molecule has 0 unspecified atom stereocenters. The number of H-pyrrole nitrogens is 1. The Kier molecular flexibility index (Phi) is 5.56. The summed E-state index contributed by atoms with van der Waals surface area (Å²) in [6.45, 7) is 0. The summed E-state index contributed by atoms with van der Waals surface area (Å²) in [7, 11) is 0. The van der Waals surface area contributed by atoms with Gasteiger partial charge in [-0.05, 0) is 29.3 Å². The summed E-state index contributed by atoms with van der Waals surface area (Å²) in [5.74, 6) is 0.672. The van der Waals surface area contributed by atoms with E-state index in [2.05, 4.69) is 15.2 Å². The molecule has 0 saturated carbocycles. The van der Waals surface area contributed by atoms with Crippen molar-refractivity contribution in [3.63, 3.8) is 0 Å². The number of benzene rings is 2. The first-order valence-corrected chi connectivity index (χ1v) is 8.92. The van der Waals surface area contributed by atoms with Crippen molar-refractivity contribution in [2.75, 3.05) is 0 Å². The van der Waals surface area contributed by atoms with Gasteiger partial charge in [-0.15, -0.1) is 10.2 Å². The molecule has 0 bridgehead atoms. The van der Waals surface area contributed by atoms with Gasteiger partial charge in [-0.25, -0.2) is 0 Å². The third-order valence-electron chi connectivity index (χ3n) is 3.35. The molecule has 2 aromatic carbocycles. The Labute approximate surface area is 153 Å². The van der Waals surface area contributed by atoms with Gasteiger partial charge in [0, 0.05) is 22.2 Å². The topological polar surface area (TPSA) is 58.6 Å². The second-order valence-corrected chi connectivity index (χ2v) is 6.90. The molecule has 1 heterocycles. The molecule has 0 saturated heterocycles. The number of nitrogens with one attached hydrogen (secondary N) is 1. The molecular formula is C17H13Cl2N3OS. The lowest BCUT2D eigenvalue weighted by Crippen LogP contribution is -2.18. The van der Waals surface area contributed by atoms with E-state index < -0.39 is 0 Å². The largest absolute Gasteiger partial charge is 0.298 e. The maximum atomic E-state index is 12.2. The number of hydrogen-bond acceptors (Lipinski definition) is 4. The minimum atomic E-state index is -0.247. The van der Waals surface area contributed by atoms with E-state index in [4.69, 9.17) is 23.2 Å². The highest BCUT2D eigenvalue weighted by atomic mass is 35.5. The number of thioether (sulfide) groups is 1. The fourth-order valence-electron chi connectivity index (χ4n) is 2.08. The number of hydrogen-bond donors (Lipinski definition) is 1. The van der Waals surface area contributed by atoms with E-state index in [0.29, 0.717) is 33.1 Å². The van der Waals surface area contributed by atoms with Crippen molar-refractivity contribution >= 4 is 35.0 Å². The van der Waals surface area contributed by atoms with Gasteiger partial charge in [-0.1, -0.05) is 65.3 Å². The Morgan fingerprint density at radius 2 is 1.75 bits per heavy atom. The number of nitrogens with zero attached hydrogens (tertiary/aromatic N) is 2. The standard InChI is InChI=1S/C17H13Cl2N3OS/c18-13-7-5-11(6-8-13)10-24-17-20-16(23)15(21-22-17)9-12-3-1-2-4-14(12)19/h1-8H,9-10H2,(H,20,22,23). The van der Waals surface area contributed by atoms with Crippen molar-refractivity contribution in [3.05, 3.63) is 85.8 Å². The molecule has 3 aromatic rings. The molecule has 1 N–H and O–H groups in total. The van der Waals surface area contributed by atoms with E-state index in [1.165, 1.54) is 11.8 Å². The van der Waals surface area contributed by atoms with Crippen LogP contribution in [0.5, 0.6) is 0 Å². The van der Waals surface area contributed by atoms with Crippen LogP contribution in [0.3, 0.4) is 0 Å². The summed E-state index contributed by atoms with van der Waals surface area (Å²) in [5.41, 5.74) is 2.04. The van der Waals surface area contributed by atoms with E-state index in [1.54, 1.807) is 6.07 Å². The zero-order valence-electron chi connectivity index (χ0n) is 12.5. The molecule has 1 aromatic heterocycles. The summed E-state index contributed by atoms with van der Waals surface area (Å²) in [5, 5.41) is 9.92. The van der Waals surface area contributed by atoms with Crippen LogP contribution in [-0.4, -0.2) is 15.2 Å². The van der Waals surface area contributed by atoms with Gasteiger partial charge < -0.3 is 0 Å². The van der Waals surface area contributed by atoms with Crippen molar-refractivity contribution in [3.8, 4) is 0 Å².